The second kappa shape index (κ2) is 8.37. The molecule has 2 aliphatic heterocycles. The third kappa shape index (κ3) is 4.05. The van der Waals surface area contributed by atoms with Crippen LogP contribution in [-0.4, -0.2) is 53.0 Å². The fourth-order valence-corrected chi connectivity index (χ4v) is 4.28. The molecule has 0 saturated carbocycles. The molecule has 1 amide bonds. The van der Waals surface area contributed by atoms with E-state index in [0.717, 1.165) is 67.5 Å². The minimum Gasteiger partial charge on any atom is -0.493 e. The Morgan fingerprint density at radius 2 is 2.03 bits per heavy atom. The molecule has 2 aromatic rings. The maximum absolute atomic E-state index is 11.6. The molecule has 7 heteroatoms. The van der Waals surface area contributed by atoms with Crippen LogP contribution in [0.1, 0.15) is 48.5 Å². The quantitative estimate of drug-likeness (QED) is 0.774. The largest absolute Gasteiger partial charge is 0.493 e. The molecular weight excluding hydrogens is 368 g/mol. The van der Waals surface area contributed by atoms with Crippen molar-refractivity contribution < 1.29 is 14.3 Å². The normalized spacial score (nSPS) is 19.1. The topological polar surface area (TPSA) is 67.8 Å². The SMILES string of the molecule is COc1ccc(CN2CCC[C@@H]2c2ncc3c(n2)CCN(C(C)=O)C3)cc1OC. The van der Waals surface area contributed by atoms with E-state index in [-0.39, 0.29) is 11.9 Å². The van der Waals surface area contributed by atoms with E-state index in [1.807, 2.05) is 23.2 Å². The molecule has 1 aromatic carbocycles. The number of hydrogen-bond donors (Lipinski definition) is 0. The van der Waals surface area contributed by atoms with Crippen LogP contribution in [-0.2, 0) is 24.3 Å². The molecular formula is C22H28N4O3. The van der Waals surface area contributed by atoms with Crippen molar-refractivity contribution in [3.8, 4) is 11.5 Å². The average Bonchev–Trinajstić information content (AvgIpc) is 3.20. The number of benzene rings is 1. The molecule has 2 aliphatic rings. The van der Waals surface area contributed by atoms with Gasteiger partial charge in [0, 0.05) is 44.7 Å². The maximum Gasteiger partial charge on any atom is 0.219 e. The Morgan fingerprint density at radius 3 is 2.79 bits per heavy atom. The highest BCUT2D eigenvalue weighted by atomic mass is 16.5. The van der Waals surface area contributed by atoms with Crippen LogP contribution < -0.4 is 9.47 Å². The van der Waals surface area contributed by atoms with Crippen molar-refractivity contribution in [2.24, 2.45) is 0 Å². The van der Waals surface area contributed by atoms with Crippen LogP contribution in [0.15, 0.2) is 24.4 Å². The summed E-state index contributed by atoms with van der Waals surface area (Å²) in [4.78, 5) is 25.5. The van der Waals surface area contributed by atoms with Crippen LogP contribution >= 0.6 is 0 Å². The van der Waals surface area contributed by atoms with Gasteiger partial charge in [0.25, 0.3) is 0 Å². The third-order valence-corrected chi connectivity index (χ3v) is 5.89. The van der Waals surface area contributed by atoms with Gasteiger partial charge in [0.2, 0.25) is 5.91 Å². The van der Waals surface area contributed by atoms with Crippen molar-refractivity contribution in [3.05, 3.63) is 47.0 Å². The summed E-state index contributed by atoms with van der Waals surface area (Å²) < 4.78 is 10.8. The molecule has 7 nitrogen and oxygen atoms in total. The van der Waals surface area contributed by atoms with Gasteiger partial charge in [-0.05, 0) is 37.1 Å². The van der Waals surface area contributed by atoms with E-state index < -0.39 is 0 Å². The zero-order valence-electron chi connectivity index (χ0n) is 17.4. The first kappa shape index (κ1) is 19.6. The standard InChI is InChI=1S/C22H28N4O3/c1-15(27)25-10-8-18-17(14-25)12-23-22(24-18)19-5-4-9-26(19)13-16-6-7-20(28-2)21(11-16)29-3/h6-7,11-12,19H,4-5,8-10,13-14H2,1-3H3/t19-/m1/s1. The summed E-state index contributed by atoms with van der Waals surface area (Å²) in [6, 6.07) is 6.30. The van der Waals surface area contributed by atoms with Gasteiger partial charge in [-0.15, -0.1) is 0 Å². The number of carbonyl (C=O) groups excluding carboxylic acids is 1. The highest BCUT2D eigenvalue weighted by Gasteiger charge is 2.30. The van der Waals surface area contributed by atoms with E-state index in [2.05, 4.69) is 16.0 Å². The van der Waals surface area contributed by atoms with Crippen LogP contribution in [0.2, 0.25) is 0 Å². The summed E-state index contributed by atoms with van der Waals surface area (Å²) in [7, 11) is 3.31. The van der Waals surface area contributed by atoms with Crippen molar-refractivity contribution in [1.29, 1.82) is 0 Å². The second-order valence-electron chi connectivity index (χ2n) is 7.71. The molecule has 0 radical (unpaired) electrons. The van der Waals surface area contributed by atoms with Gasteiger partial charge in [-0.25, -0.2) is 9.97 Å². The molecule has 1 fully saturated rings. The first-order chi connectivity index (χ1) is 14.1. The number of fused-ring (bicyclic) bond motifs is 1. The summed E-state index contributed by atoms with van der Waals surface area (Å²) in [5, 5.41) is 0. The number of hydrogen-bond acceptors (Lipinski definition) is 6. The first-order valence-electron chi connectivity index (χ1n) is 10.1. The van der Waals surface area contributed by atoms with Crippen molar-refractivity contribution in [1.82, 2.24) is 19.8 Å². The molecule has 0 unspecified atom stereocenters. The molecule has 1 atom stereocenters. The molecule has 29 heavy (non-hydrogen) atoms. The summed E-state index contributed by atoms with van der Waals surface area (Å²) in [5.74, 6) is 2.50. The van der Waals surface area contributed by atoms with Crippen molar-refractivity contribution >= 4 is 5.91 Å². The van der Waals surface area contributed by atoms with Gasteiger partial charge < -0.3 is 14.4 Å². The smallest absolute Gasteiger partial charge is 0.219 e. The number of methoxy groups -OCH3 is 2. The number of ether oxygens (including phenoxy) is 2. The van der Waals surface area contributed by atoms with E-state index in [0.29, 0.717) is 6.54 Å². The van der Waals surface area contributed by atoms with Crippen LogP contribution in [0, 0.1) is 0 Å². The van der Waals surface area contributed by atoms with Crippen LogP contribution in [0.3, 0.4) is 0 Å². The van der Waals surface area contributed by atoms with E-state index in [1.54, 1.807) is 21.1 Å². The lowest BCUT2D eigenvalue weighted by molar-refractivity contribution is -0.129. The number of aromatic nitrogens is 2. The highest BCUT2D eigenvalue weighted by Crippen LogP contribution is 2.34. The van der Waals surface area contributed by atoms with Crippen molar-refractivity contribution in [2.75, 3.05) is 27.3 Å². The second-order valence-corrected chi connectivity index (χ2v) is 7.71. The summed E-state index contributed by atoms with van der Waals surface area (Å²) in [6.07, 6.45) is 4.91. The number of rotatable bonds is 5. The Balaban J connectivity index is 1.51. The molecule has 1 saturated heterocycles. The molecule has 1 aromatic heterocycles. The lowest BCUT2D eigenvalue weighted by atomic mass is 10.1. The number of amides is 1. The van der Waals surface area contributed by atoms with Crippen LogP contribution in [0.5, 0.6) is 11.5 Å². The fourth-order valence-electron chi connectivity index (χ4n) is 4.28. The van der Waals surface area contributed by atoms with Gasteiger partial charge in [0.1, 0.15) is 5.82 Å². The van der Waals surface area contributed by atoms with Gasteiger partial charge in [-0.3, -0.25) is 9.69 Å². The highest BCUT2D eigenvalue weighted by molar-refractivity contribution is 5.73. The predicted octanol–water partition coefficient (Wildman–Crippen LogP) is 2.74. The molecule has 4 rings (SSSR count). The monoisotopic (exact) mass is 396 g/mol. The summed E-state index contributed by atoms with van der Waals surface area (Å²) in [5.41, 5.74) is 3.34. The minimum absolute atomic E-state index is 0.108. The maximum atomic E-state index is 11.6. The average molecular weight is 396 g/mol. The fraction of sp³-hybridized carbons (Fsp3) is 0.500. The molecule has 3 heterocycles. The van der Waals surface area contributed by atoms with E-state index >= 15 is 0 Å². The number of nitrogens with zero attached hydrogens (tertiary/aromatic N) is 4. The summed E-state index contributed by atoms with van der Waals surface area (Å²) in [6.45, 7) is 4.82. The van der Waals surface area contributed by atoms with Gasteiger partial charge in [-0.1, -0.05) is 6.07 Å². The number of likely N-dealkylation sites (tertiary alicyclic amines) is 1. The number of carbonyl (C=O) groups is 1. The van der Waals surface area contributed by atoms with E-state index in [1.165, 1.54) is 5.56 Å². The Morgan fingerprint density at radius 1 is 1.21 bits per heavy atom. The Labute approximate surface area is 171 Å². The van der Waals surface area contributed by atoms with E-state index in [9.17, 15) is 4.79 Å². The summed E-state index contributed by atoms with van der Waals surface area (Å²) >= 11 is 0. The zero-order chi connectivity index (χ0) is 20.4. The molecule has 154 valence electrons. The van der Waals surface area contributed by atoms with Crippen LogP contribution in [0.4, 0.5) is 0 Å². The van der Waals surface area contributed by atoms with E-state index in [4.69, 9.17) is 14.5 Å². The Bertz CT molecular complexity index is 902. The van der Waals surface area contributed by atoms with Gasteiger partial charge in [0.05, 0.1) is 26.0 Å². The molecule has 0 aliphatic carbocycles. The lowest BCUT2D eigenvalue weighted by Gasteiger charge is -2.28. The molecule has 0 N–H and O–H groups in total. The molecule has 0 spiro atoms. The molecule has 0 bridgehead atoms. The zero-order valence-corrected chi connectivity index (χ0v) is 17.4. The van der Waals surface area contributed by atoms with Crippen molar-refractivity contribution in [2.45, 2.75) is 45.3 Å². The Kier molecular flexibility index (Phi) is 5.67. The third-order valence-electron chi connectivity index (χ3n) is 5.89. The van der Waals surface area contributed by atoms with Gasteiger partial charge >= 0.3 is 0 Å². The lowest BCUT2D eigenvalue weighted by Crippen LogP contribution is -2.35. The minimum atomic E-state index is 0.108. The van der Waals surface area contributed by atoms with Gasteiger partial charge in [0.15, 0.2) is 11.5 Å². The first-order valence-corrected chi connectivity index (χ1v) is 10.1. The van der Waals surface area contributed by atoms with Crippen LogP contribution in [0.25, 0.3) is 0 Å². The van der Waals surface area contributed by atoms with Crippen molar-refractivity contribution in [3.63, 3.8) is 0 Å². The predicted molar refractivity (Wildman–Crippen MR) is 109 cm³/mol. The van der Waals surface area contributed by atoms with Gasteiger partial charge in [-0.2, -0.15) is 0 Å². The Hall–Kier alpha value is -2.67.